The van der Waals surface area contributed by atoms with E-state index >= 15 is 0 Å². The van der Waals surface area contributed by atoms with Crippen molar-refractivity contribution >= 4 is 11.6 Å². The van der Waals surface area contributed by atoms with Crippen molar-refractivity contribution in [2.45, 2.75) is 65.3 Å². The van der Waals surface area contributed by atoms with E-state index in [1.807, 2.05) is 20.8 Å². The lowest BCUT2D eigenvalue weighted by Crippen LogP contribution is -2.61. The molecule has 2 saturated carbocycles. The molecule has 25 heavy (non-hydrogen) atoms. The number of Topliss-reactive ketones (excluding diaryl/α,β-unsaturated/α-hetero) is 2. The molecule has 5 nitrogen and oxygen atoms in total. The third-order valence-corrected chi connectivity index (χ3v) is 8.16. The minimum Gasteiger partial charge on any atom is -0.390 e. The Morgan fingerprint density at radius 1 is 1.08 bits per heavy atom. The summed E-state index contributed by atoms with van der Waals surface area (Å²) in [6.45, 7) is 7.94. The second kappa shape index (κ2) is 5.02. The summed E-state index contributed by atoms with van der Waals surface area (Å²) in [6, 6.07) is 0. The van der Waals surface area contributed by atoms with E-state index in [9.17, 15) is 24.9 Å². The summed E-state index contributed by atoms with van der Waals surface area (Å²) in [6.07, 6.45) is -1.67. The Hall–Kier alpha value is -1.04. The molecule has 3 N–H and O–H groups in total. The second-order valence-corrected chi connectivity index (χ2v) is 9.28. The van der Waals surface area contributed by atoms with E-state index in [2.05, 4.69) is 6.92 Å². The molecular formula is C20H28O5. The number of hydrogen-bond acceptors (Lipinski definition) is 5. The molecule has 4 aliphatic carbocycles. The van der Waals surface area contributed by atoms with Crippen LogP contribution in [0.2, 0.25) is 0 Å². The van der Waals surface area contributed by atoms with Gasteiger partial charge in [0.25, 0.3) is 0 Å². The molecule has 0 radical (unpaired) electrons. The highest BCUT2D eigenvalue weighted by molar-refractivity contribution is 6.19. The number of ketones is 2. The summed E-state index contributed by atoms with van der Waals surface area (Å²) in [5.41, 5.74) is -1.36. The summed E-state index contributed by atoms with van der Waals surface area (Å²) in [5.74, 6) is -0.601. The zero-order valence-electron chi connectivity index (χ0n) is 15.3. The van der Waals surface area contributed by atoms with Crippen LogP contribution in [0, 0.1) is 34.5 Å². The SMILES string of the molecule is C[C@H]1[C@H]2[C@H](O)[C@@H](O)C3=C(C(=O)[C@H](O)[C@@]4(C[C@@H]4C)C3=O)[C@@]2(C)CC[C@H]1C. The normalized spacial score (nSPS) is 55.2. The van der Waals surface area contributed by atoms with Gasteiger partial charge in [0.15, 0.2) is 11.6 Å². The molecule has 0 heterocycles. The van der Waals surface area contributed by atoms with Gasteiger partial charge in [-0.25, -0.2) is 0 Å². The van der Waals surface area contributed by atoms with Gasteiger partial charge in [-0.15, -0.1) is 0 Å². The summed E-state index contributed by atoms with van der Waals surface area (Å²) in [7, 11) is 0. The van der Waals surface area contributed by atoms with Crippen LogP contribution in [0.4, 0.5) is 0 Å². The Balaban J connectivity index is 1.93. The second-order valence-electron chi connectivity index (χ2n) is 9.28. The Bertz CT molecular complexity index is 696. The molecule has 4 rings (SSSR count). The quantitative estimate of drug-likeness (QED) is 0.612. The molecule has 0 aromatic heterocycles. The van der Waals surface area contributed by atoms with Crippen LogP contribution in [0.3, 0.4) is 0 Å². The Kier molecular flexibility index (Phi) is 3.49. The van der Waals surface area contributed by atoms with Gasteiger partial charge in [-0.3, -0.25) is 9.59 Å². The molecule has 0 bridgehead atoms. The molecule has 4 aliphatic rings. The van der Waals surface area contributed by atoms with Crippen molar-refractivity contribution in [3.8, 4) is 0 Å². The first-order chi connectivity index (χ1) is 11.6. The van der Waals surface area contributed by atoms with Crippen molar-refractivity contribution < 1.29 is 24.9 Å². The summed E-state index contributed by atoms with van der Waals surface area (Å²) >= 11 is 0. The average Bonchev–Trinajstić information content (AvgIpc) is 3.23. The van der Waals surface area contributed by atoms with Crippen molar-refractivity contribution in [3.05, 3.63) is 11.1 Å². The highest BCUT2D eigenvalue weighted by atomic mass is 16.3. The van der Waals surface area contributed by atoms with E-state index in [1.165, 1.54) is 0 Å². The fourth-order valence-electron chi connectivity index (χ4n) is 6.25. The third kappa shape index (κ3) is 1.84. The number of aliphatic hydroxyl groups excluding tert-OH is 3. The van der Waals surface area contributed by atoms with Crippen molar-refractivity contribution in [3.63, 3.8) is 0 Å². The van der Waals surface area contributed by atoms with Gasteiger partial charge in [-0.1, -0.05) is 27.7 Å². The van der Waals surface area contributed by atoms with E-state index in [1.54, 1.807) is 0 Å². The summed E-state index contributed by atoms with van der Waals surface area (Å²) in [5, 5.41) is 32.3. The van der Waals surface area contributed by atoms with Crippen LogP contribution < -0.4 is 0 Å². The first-order valence-electron chi connectivity index (χ1n) is 9.47. The zero-order valence-corrected chi connectivity index (χ0v) is 15.3. The van der Waals surface area contributed by atoms with Crippen LogP contribution in [0.25, 0.3) is 0 Å². The molecule has 0 saturated heterocycles. The van der Waals surface area contributed by atoms with E-state index in [4.69, 9.17) is 0 Å². The number of rotatable bonds is 0. The number of aliphatic hydroxyl groups is 3. The summed E-state index contributed by atoms with van der Waals surface area (Å²) in [4.78, 5) is 26.3. The number of hydrogen-bond donors (Lipinski definition) is 3. The lowest BCUT2D eigenvalue weighted by molar-refractivity contribution is -0.150. The maximum absolute atomic E-state index is 13.2. The minimum absolute atomic E-state index is 0.0758. The van der Waals surface area contributed by atoms with Crippen LogP contribution >= 0.6 is 0 Å². The molecule has 5 heteroatoms. The molecule has 138 valence electrons. The van der Waals surface area contributed by atoms with Gasteiger partial charge in [0.2, 0.25) is 0 Å². The Morgan fingerprint density at radius 2 is 1.68 bits per heavy atom. The standard InChI is InChI=1S/C20H28O5/c1-8-5-6-19(4)12(10(8)3)15(22)14(21)11-13(19)16(23)18(25)20(17(11)24)7-9(20)2/h8-10,12,14-15,18,21-22,25H,5-7H2,1-4H3/t8-,9+,10-,12+,14+,15+,18+,19+,20-/m1/s1. The van der Waals surface area contributed by atoms with Gasteiger partial charge < -0.3 is 15.3 Å². The summed E-state index contributed by atoms with van der Waals surface area (Å²) < 4.78 is 0. The molecule has 1 spiro atoms. The van der Waals surface area contributed by atoms with Crippen LogP contribution in [-0.2, 0) is 9.59 Å². The molecule has 0 amide bonds. The predicted octanol–water partition coefficient (Wildman–Crippen LogP) is 1.25. The number of carbonyl (C=O) groups is 2. The zero-order chi connectivity index (χ0) is 18.5. The van der Waals surface area contributed by atoms with Gasteiger partial charge in [0.05, 0.1) is 11.5 Å². The molecule has 9 atom stereocenters. The van der Waals surface area contributed by atoms with Crippen LogP contribution in [0.5, 0.6) is 0 Å². The number of fused-ring (bicyclic) bond motifs is 2. The highest BCUT2D eigenvalue weighted by Crippen LogP contribution is 2.65. The van der Waals surface area contributed by atoms with E-state index in [0.717, 1.165) is 6.42 Å². The fraction of sp³-hybridized carbons (Fsp3) is 0.800. The smallest absolute Gasteiger partial charge is 0.189 e. The first kappa shape index (κ1) is 17.4. The van der Waals surface area contributed by atoms with Crippen LogP contribution in [0.15, 0.2) is 11.1 Å². The van der Waals surface area contributed by atoms with Crippen molar-refractivity contribution in [2.75, 3.05) is 0 Å². The van der Waals surface area contributed by atoms with Gasteiger partial charge >= 0.3 is 0 Å². The van der Waals surface area contributed by atoms with Crippen molar-refractivity contribution in [2.24, 2.45) is 34.5 Å². The monoisotopic (exact) mass is 348 g/mol. The molecule has 0 unspecified atom stereocenters. The van der Waals surface area contributed by atoms with Gasteiger partial charge in [-0.05, 0) is 37.0 Å². The molecular weight excluding hydrogens is 320 g/mol. The Morgan fingerprint density at radius 3 is 2.24 bits per heavy atom. The van der Waals surface area contributed by atoms with Crippen molar-refractivity contribution in [1.29, 1.82) is 0 Å². The maximum atomic E-state index is 13.2. The molecule has 0 aromatic rings. The minimum atomic E-state index is -1.34. The maximum Gasteiger partial charge on any atom is 0.189 e. The van der Waals surface area contributed by atoms with E-state index < -0.39 is 34.9 Å². The molecule has 0 aliphatic heterocycles. The van der Waals surface area contributed by atoms with E-state index in [0.29, 0.717) is 24.3 Å². The van der Waals surface area contributed by atoms with Gasteiger partial charge in [-0.2, -0.15) is 0 Å². The fourth-order valence-corrected chi connectivity index (χ4v) is 6.25. The predicted molar refractivity (Wildman–Crippen MR) is 90.4 cm³/mol. The largest absolute Gasteiger partial charge is 0.390 e. The van der Waals surface area contributed by atoms with Crippen LogP contribution in [-0.4, -0.2) is 45.2 Å². The Labute approximate surface area is 148 Å². The van der Waals surface area contributed by atoms with Gasteiger partial charge in [0.1, 0.15) is 12.2 Å². The van der Waals surface area contributed by atoms with Gasteiger partial charge in [0, 0.05) is 22.5 Å². The molecule has 2 fully saturated rings. The first-order valence-corrected chi connectivity index (χ1v) is 9.47. The number of carbonyl (C=O) groups excluding carboxylic acids is 2. The topological polar surface area (TPSA) is 94.8 Å². The third-order valence-electron chi connectivity index (χ3n) is 8.16. The van der Waals surface area contributed by atoms with Crippen molar-refractivity contribution in [1.82, 2.24) is 0 Å². The molecule has 0 aromatic carbocycles. The van der Waals surface area contributed by atoms with Crippen LogP contribution in [0.1, 0.15) is 47.0 Å². The average molecular weight is 348 g/mol. The lowest BCUT2D eigenvalue weighted by atomic mass is 9.48. The highest BCUT2D eigenvalue weighted by Gasteiger charge is 2.71. The van der Waals surface area contributed by atoms with E-state index in [-0.39, 0.29) is 29.1 Å². The lowest BCUT2D eigenvalue weighted by Gasteiger charge is -2.56.